The fraction of sp³-hybridized carbons (Fsp3) is 0.167. The normalized spacial score (nSPS) is 10.5. The first-order valence-electron chi connectivity index (χ1n) is 5.16. The third-order valence-corrected chi connectivity index (χ3v) is 3.23. The largest absolute Gasteiger partial charge is 0.343 e. The van der Waals surface area contributed by atoms with Crippen molar-refractivity contribution in [1.82, 2.24) is 9.97 Å². The molecule has 0 atom stereocenters. The van der Waals surface area contributed by atoms with E-state index in [0.29, 0.717) is 14.9 Å². The van der Waals surface area contributed by atoms with Crippen LogP contribution in [0.1, 0.15) is 12.6 Å². The van der Waals surface area contributed by atoms with Gasteiger partial charge in [0.05, 0.1) is 0 Å². The summed E-state index contributed by atoms with van der Waals surface area (Å²) >= 11 is 8.42. The highest BCUT2D eigenvalue weighted by Crippen LogP contribution is 2.26. The first kappa shape index (κ1) is 12.4. The molecule has 0 bridgehead atoms. The number of aryl methyl sites for hydroxylation is 1. The van der Waals surface area contributed by atoms with Crippen LogP contribution in [0.15, 0.2) is 28.7 Å². The molecular formula is C12H10BrFN2S. The SMILES string of the molecule is CCc1cc(=S)nc(-c2ccc(F)cc2Br)[nH]1. The van der Waals surface area contributed by atoms with Crippen LogP contribution >= 0.6 is 28.1 Å². The Morgan fingerprint density at radius 3 is 2.82 bits per heavy atom. The summed E-state index contributed by atoms with van der Waals surface area (Å²) < 4.78 is 14.2. The number of aromatic amines is 1. The van der Waals surface area contributed by atoms with Gasteiger partial charge in [0.15, 0.2) is 0 Å². The molecule has 1 aromatic heterocycles. The summed E-state index contributed by atoms with van der Waals surface area (Å²) in [5.74, 6) is 0.368. The molecule has 1 N–H and O–H groups in total. The third-order valence-electron chi connectivity index (χ3n) is 2.37. The van der Waals surface area contributed by atoms with E-state index in [1.54, 1.807) is 6.07 Å². The van der Waals surface area contributed by atoms with Crippen molar-refractivity contribution in [3.8, 4) is 11.4 Å². The van der Waals surface area contributed by atoms with Crippen LogP contribution < -0.4 is 0 Å². The summed E-state index contributed by atoms with van der Waals surface area (Å²) in [4.78, 5) is 7.43. The molecule has 0 aliphatic heterocycles. The lowest BCUT2D eigenvalue weighted by atomic mass is 10.2. The maximum Gasteiger partial charge on any atom is 0.140 e. The maximum absolute atomic E-state index is 13.0. The number of benzene rings is 1. The van der Waals surface area contributed by atoms with Crippen LogP contribution in [-0.4, -0.2) is 9.97 Å². The van der Waals surface area contributed by atoms with Crippen molar-refractivity contribution >= 4 is 28.1 Å². The van der Waals surface area contributed by atoms with Crippen molar-refractivity contribution in [3.05, 3.63) is 44.9 Å². The topological polar surface area (TPSA) is 28.7 Å². The summed E-state index contributed by atoms with van der Waals surface area (Å²) in [5, 5.41) is 0. The van der Waals surface area contributed by atoms with E-state index in [-0.39, 0.29) is 5.82 Å². The van der Waals surface area contributed by atoms with Gasteiger partial charge in [-0.3, -0.25) is 0 Å². The van der Waals surface area contributed by atoms with Gasteiger partial charge in [-0.25, -0.2) is 9.37 Å². The molecular weight excluding hydrogens is 303 g/mol. The molecule has 0 spiro atoms. The molecule has 5 heteroatoms. The average Bonchev–Trinajstić information content (AvgIpc) is 2.28. The molecule has 0 radical (unpaired) electrons. The van der Waals surface area contributed by atoms with E-state index in [4.69, 9.17) is 12.2 Å². The van der Waals surface area contributed by atoms with E-state index in [1.807, 2.05) is 13.0 Å². The van der Waals surface area contributed by atoms with E-state index in [1.165, 1.54) is 12.1 Å². The second kappa shape index (κ2) is 5.06. The Labute approximate surface area is 112 Å². The number of halogens is 2. The van der Waals surface area contributed by atoms with Crippen LogP contribution in [-0.2, 0) is 6.42 Å². The lowest BCUT2D eigenvalue weighted by Crippen LogP contribution is -1.95. The van der Waals surface area contributed by atoms with Crippen LogP contribution in [0.4, 0.5) is 4.39 Å². The van der Waals surface area contributed by atoms with E-state index >= 15 is 0 Å². The second-order valence-corrected chi connectivity index (χ2v) is 4.84. The molecule has 0 aliphatic rings. The van der Waals surface area contributed by atoms with Gasteiger partial charge in [-0.05, 0) is 46.6 Å². The summed E-state index contributed by atoms with van der Waals surface area (Å²) in [6, 6.07) is 6.31. The highest BCUT2D eigenvalue weighted by Gasteiger charge is 2.07. The van der Waals surface area contributed by atoms with E-state index in [2.05, 4.69) is 25.9 Å². The van der Waals surface area contributed by atoms with Gasteiger partial charge >= 0.3 is 0 Å². The lowest BCUT2D eigenvalue weighted by Gasteiger charge is -2.06. The number of H-pyrrole nitrogens is 1. The van der Waals surface area contributed by atoms with Crippen molar-refractivity contribution < 1.29 is 4.39 Å². The molecule has 0 fully saturated rings. The number of nitrogens with one attached hydrogen (secondary N) is 1. The molecule has 0 amide bonds. The zero-order valence-electron chi connectivity index (χ0n) is 9.13. The lowest BCUT2D eigenvalue weighted by molar-refractivity contribution is 0.627. The third kappa shape index (κ3) is 2.79. The van der Waals surface area contributed by atoms with Gasteiger partial charge < -0.3 is 4.98 Å². The molecule has 2 aromatic rings. The first-order valence-corrected chi connectivity index (χ1v) is 6.36. The monoisotopic (exact) mass is 312 g/mol. The number of rotatable bonds is 2. The fourth-order valence-electron chi connectivity index (χ4n) is 1.51. The van der Waals surface area contributed by atoms with Crippen LogP contribution in [0.5, 0.6) is 0 Å². The maximum atomic E-state index is 13.0. The molecule has 1 aromatic carbocycles. The fourth-order valence-corrected chi connectivity index (χ4v) is 2.28. The second-order valence-electron chi connectivity index (χ2n) is 3.57. The minimum absolute atomic E-state index is 0.286. The number of hydrogen-bond acceptors (Lipinski definition) is 2. The Hall–Kier alpha value is -1.07. The minimum Gasteiger partial charge on any atom is -0.343 e. The van der Waals surface area contributed by atoms with Crippen LogP contribution in [0.2, 0.25) is 0 Å². The van der Waals surface area contributed by atoms with Crippen LogP contribution in [0.3, 0.4) is 0 Å². The van der Waals surface area contributed by atoms with E-state index in [0.717, 1.165) is 17.7 Å². The Morgan fingerprint density at radius 2 is 2.18 bits per heavy atom. The molecule has 0 unspecified atom stereocenters. The van der Waals surface area contributed by atoms with Gasteiger partial charge in [0.25, 0.3) is 0 Å². The number of nitrogens with zero attached hydrogens (tertiary/aromatic N) is 1. The predicted octanol–water partition coefficient (Wildman–Crippen LogP) is 4.27. The van der Waals surface area contributed by atoms with Crippen molar-refractivity contribution in [3.63, 3.8) is 0 Å². The van der Waals surface area contributed by atoms with Crippen molar-refractivity contribution in [2.24, 2.45) is 0 Å². The van der Waals surface area contributed by atoms with Crippen molar-refractivity contribution in [1.29, 1.82) is 0 Å². The van der Waals surface area contributed by atoms with Gasteiger partial charge in [0.1, 0.15) is 16.3 Å². The summed E-state index contributed by atoms with van der Waals surface area (Å²) in [6.45, 7) is 2.03. The van der Waals surface area contributed by atoms with E-state index < -0.39 is 0 Å². The molecule has 2 rings (SSSR count). The standard InChI is InChI=1S/C12H10BrFN2S/c1-2-8-6-11(17)16-12(15-8)9-4-3-7(14)5-10(9)13/h3-6H,2H2,1H3,(H,15,16,17). The zero-order chi connectivity index (χ0) is 12.4. The quantitative estimate of drug-likeness (QED) is 0.839. The average molecular weight is 313 g/mol. The summed E-state index contributed by atoms with van der Waals surface area (Å²) in [6.07, 6.45) is 0.845. The Kier molecular flexibility index (Phi) is 3.69. The Bertz CT molecular complexity index is 610. The van der Waals surface area contributed by atoms with Gasteiger partial charge in [0, 0.05) is 15.7 Å². The van der Waals surface area contributed by atoms with Crippen LogP contribution in [0.25, 0.3) is 11.4 Å². The highest BCUT2D eigenvalue weighted by atomic mass is 79.9. The van der Waals surface area contributed by atoms with E-state index in [9.17, 15) is 4.39 Å². The van der Waals surface area contributed by atoms with Gasteiger partial charge in [0.2, 0.25) is 0 Å². The Balaban J connectivity index is 2.60. The summed E-state index contributed by atoms with van der Waals surface area (Å²) in [5.41, 5.74) is 1.81. The number of hydrogen-bond donors (Lipinski definition) is 1. The zero-order valence-corrected chi connectivity index (χ0v) is 11.5. The molecule has 1 heterocycles. The smallest absolute Gasteiger partial charge is 0.140 e. The van der Waals surface area contributed by atoms with Gasteiger partial charge in [-0.1, -0.05) is 19.1 Å². The van der Waals surface area contributed by atoms with Gasteiger partial charge in [-0.2, -0.15) is 0 Å². The molecule has 0 saturated heterocycles. The Morgan fingerprint density at radius 1 is 1.41 bits per heavy atom. The van der Waals surface area contributed by atoms with Crippen LogP contribution in [0, 0.1) is 10.5 Å². The summed E-state index contributed by atoms with van der Waals surface area (Å²) in [7, 11) is 0. The minimum atomic E-state index is -0.286. The first-order chi connectivity index (χ1) is 8.10. The predicted molar refractivity (Wildman–Crippen MR) is 71.9 cm³/mol. The number of aromatic nitrogens is 2. The van der Waals surface area contributed by atoms with Crippen molar-refractivity contribution in [2.45, 2.75) is 13.3 Å². The molecule has 17 heavy (non-hydrogen) atoms. The molecule has 0 aliphatic carbocycles. The van der Waals surface area contributed by atoms with Crippen molar-refractivity contribution in [2.75, 3.05) is 0 Å². The van der Waals surface area contributed by atoms with Gasteiger partial charge in [-0.15, -0.1) is 0 Å². The highest BCUT2D eigenvalue weighted by molar-refractivity contribution is 9.10. The molecule has 88 valence electrons. The molecule has 2 nitrogen and oxygen atoms in total. The molecule has 0 saturated carbocycles.